The number of nitrogens with zero attached hydrogens (tertiary/aromatic N) is 1. The molecule has 0 bridgehead atoms. The highest BCUT2D eigenvalue weighted by molar-refractivity contribution is 5.36. The van der Waals surface area contributed by atoms with Crippen LogP contribution in [0.15, 0.2) is 18.2 Å². The van der Waals surface area contributed by atoms with Crippen LogP contribution in [0.4, 0.5) is 4.39 Å². The lowest BCUT2D eigenvalue weighted by molar-refractivity contribution is 0.268. The number of hydrogen-bond acceptors (Lipinski definition) is 3. The van der Waals surface area contributed by atoms with Crippen LogP contribution < -0.4 is 10.5 Å². The van der Waals surface area contributed by atoms with E-state index in [1.54, 1.807) is 12.1 Å². The highest BCUT2D eigenvalue weighted by Gasteiger charge is 2.12. The third-order valence-corrected chi connectivity index (χ3v) is 2.48. The first-order valence-electron chi connectivity index (χ1n) is 5.84. The van der Waals surface area contributed by atoms with Crippen molar-refractivity contribution in [2.24, 2.45) is 5.73 Å². The Bertz CT molecular complexity index is 353. The molecule has 0 fully saturated rings. The second-order valence-corrected chi connectivity index (χ2v) is 4.45. The van der Waals surface area contributed by atoms with E-state index in [1.807, 2.05) is 21.0 Å². The molecule has 1 rings (SSSR count). The summed E-state index contributed by atoms with van der Waals surface area (Å²) in [5.41, 5.74) is 6.50. The quantitative estimate of drug-likeness (QED) is 0.774. The first-order chi connectivity index (χ1) is 8.02. The van der Waals surface area contributed by atoms with Gasteiger partial charge in [0.05, 0.1) is 6.61 Å². The van der Waals surface area contributed by atoms with Gasteiger partial charge in [-0.2, -0.15) is 0 Å². The average molecular weight is 240 g/mol. The number of ether oxygens (including phenoxy) is 1. The van der Waals surface area contributed by atoms with Gasteiger partial charge in [0.2, 0.25) is 0 Å². The third-order valence-electron chi connectivity index (χ3n) is 2.48. The van der Waals surface area contributed by atoms with Crippen LogP contribution in [0.25, 0.3) is 0 Å². The van der Waals surface area contributed by atoms with E-state index in [4.69, 9.17) is 10.5 Å². The largest absolute Gasteiger partial charge is 0.490 e. The predicted octanol–water partition coefficient (Wildman–Crippen LogP) is 2.18. The van der Waals surface area contributed by atoms with Crippen LogP contribution >= 0.6 is 0 Å². The molecule has 4 heteroatoms. The molecule has 1 aromatic rings. The van der Waals surface area contributed by atoms with Gasteiger partial charge in [-0.15, -0.1) is 0 Å². The van der Waals surface area contributed by atoms with E-state index >= 15 is 0 Å². The van der Waals surface area contributed by atoms with Crippen molar-refractivity contribution in [3.05, 3.63) is 29.6 Å². The molecule has 0 amide bonds. The molecule has 0 saturated carbocycles. The van der Waals surface area contributed by atoms with Gasteiger partial charge in [0, 0.05) is 18.2 Å². The Morgan fingerprint density at radius 2 is 2.12 bits per heavy atom. The van der Waals surface area contributed by atoms with Crippen molar-refractivity contribution in [3.8, 4) is 5.75 Å². The van der Waals surface area contributed by atoms with Gasteiger partial charge in [-0.1, -0.05) is 12.1 Å². The summed E-state index contributed by atoms with van der Waals surface area (Å²) < 4.78 is 19.1. The summed E-state index contributed by atoms with van der Waals surface area (Å²) in [5, 5.41) is 0. The first-order valence-corrected chi connectivity index (χ1v) is 5.84. The van der Waals surface area contributed by atoms with Gasteiger partial charge >= 0.3 is 0 Å². The van der Waals surface area contributed by atoms with E-state index in [-0.39, 0.29) is 11.9 Å². The van der Waals surface area contributed by atoms with Crippen LogP contribution in [0.5, 0.6) is 5.75 Å². The SMILES string of the molecule is C[C@@H](N)c1cccc(F)c1OCCCN(C)C. The van der Waals surface area contributed by atoms with Gasteiger partial charge in [0.25, 0.3) is 0 Å². The number of hydrogen-bond donors (Lipinski definition) is 1. The minimum absolute atomic E-state index is 0.227. The van der Waals surface area contributed by atoms with Crippen molar-refractivity contribution in [3.63, 3.8) is 0 Å². The lowest BCUT2D eigenvalue weighted by atomic mass is 10.1. The van der Waals surface area contributed by atoms with Crippen molar-refractivity contribution in [2.45, 2.75) is 19.4 Å². The van der Waals surface area contributed by atoms with E-state index in [1.165, 1.54) is 6.07 Å². The van der Waals surface area contributed by atoms with Crippen LogP contribution in [0, 0.1) is 5.82 Å². The fraction of sp³-hybridized carbons (Fsp3) is 0.538. The van der Waals surface area contributed by atoms with Crippen molar-refractivity contribution in [1.29, 1.82) is 0 Å². The molecule has 0 aliphatic carbocycles. The van der Waals surface area contributed by atoms with Gasteiger partial charge in [0.1, 0.15) is 0 Å². The lowest BCUT2D eigenvalue weighted by Crippen LogP contribution is -2.16. The maximum Gasteiger partial charge on any atom is 0.165 e. The fourth-order valence-electron chi connectivity index (χ4n) is 1.59. The molecule has 0 radical (unpaired) electrons. The Morgan fingerprint density at radius 1 is 1.41 bits per heavy atom. The molecular formula is C13H21FN2O. The number of nitrogens with two attached hydrogens (primary N) is 1. The number of rotatable bonds is 6. The normalized spacial score (nSPS) is 12.8. The fourth-order valence-corrected chi connectivity index (χ4v) is 1.59. The van der Waals surface area contributed by atoms with Crippen molar-refractivity contribution < 1.29 is 9.13 Å². The zero-order valence-electron chi connectivity index (χ0n) is 10.7. The molecule has 0 heterocycles. The van der Waals surface area contributed by atoms with E-state index in [0.29, 0.717) is 12.4 Å². The Balaban J connectivity index is 2.63. The molecule has 0 saturated heterocycles. The standard InChI is InChI=1S/C13H21FN2O/c1-10(15)11-6-4-7-12(14)13(11)17-9-5-8-16(2)3/h4,6-7,10H,5,8-9,15H2,1-3H3/t10-/m1/s1. The molecule has 0 spiro atoms. The monoisotopic (exact) mass is 240 g/mol. The Kier molecular flexibility index (Phi) is 5.38. The molecule has 0 aliphatic rings. The summed E-state index contributed by atoms with van der Waals surface area (Å²) in [4.78, 5) is 2.07. The van der Waals surface area contributed by atoms with Crippen molar-refractivity contribution in [2.75, 3.05) is 27.2 Å². The topological polar surface area (TPSA) is 38.5 Å². The molecule has 2 N–H and O–H groups in total. The van der Waals surface area contributed by atoms with E-state index in [0.717, 1.165) is 18.5 Å². The number of para-hydroxylation sites is 1. The molecule has 1 aromatic carbocycles. The van der Waals surface area contributed by atoms with Gasteiger partial charge in [-0.3, -0.25) is 0 Å². The van der Waals surface area contributed by atoms with Gasteiger partial charge in [0.15, 0.2) is 11.6 Å². The van der Waals surface area contributed by atoms with Crippen LogP contribution in [-0.2, 0) is 0 Å². The molecule has 17 heavy (non-hydrogen) atoms. The van der Waals surface area contributed by atoms with Crippen LogP contribution in [0.2, 0.25) is 0 Å². The molecular weight excluding hydrogens is 219 g/mol. The molecule has 3 nitrogen and oxygen atoms in total. The van der Waals surface area contributed by atoms with E-state index < -0.39 is 0 Å². The molecule has 96 valence electrons. The smallest absolute Gasteiger partial charge is 0.165 e. The van der Waals surface area contributed by atoms with Crippen molar-refractivity contribution >= 4 is 0 Å². The number of benzene rings is 1. The zero-order chi connectivity index (χ0) is 12.8. The molecule has 1 atom stereocenters. The second-order valence-electron chi connectivity index (χ2n) is 4.45. The summed E-state index contributed by atoms with van der Waals surface area (Å²) >= 11 is 0. The lowest BCUT2D eigenvalue weighted by Gasteiger charge is -2.15. The van der Waals surface area contributed by atoms with E-state index in [9.17, 15) is 4.39 Å². The van der Waals surface area contributed by atoms with E-state index in [2.05, 4.69) is 4.90 Å². The summed E-state index contributed by atoms with van der Waals surface area (Å²) in [6.07, 6.45) is 0.861. The van der Waals surface area contributed by atoms with Gasteiger partial charge in [-0.05, 0) is 33.5 Å². The minimum Gasteiger partial charge on any atom is -0.490 e. The highest BCUT2D eigenvalue weighted by atomic mass is 19.1. The van der Waals surface area contributed by atoms with Gasteiger partial charge in [-0.25, -0.2) is 4.39 Å². The van der Waals surface area contributed by atoms with Gasteiger partial charge < -0.3 is 15.4 Å². The zero-order valence-corrected chi connectivity index (χ0v) is 10.7. The Hall–Kier alpha value is -1.13. The molecule has 0 aromatic heterocycles. The van der Waals surface area contributed by atoms with Crippen LogP contribution in [0.1, 0.15) is 24.9 Å². The average Bonchev–Trinajstić information content (AvgIpc) is 2.25. The van der Waals surface area contributed by atoms with Crippen molar-refractivity contribution in [1.82, 2.24) is 4.90 Å². The Labute approximate surface area is 102 Å². The third kappa shape index (κ3) is 4.32. The van der Waals surface area contributed by atoms with Crippen LogP contribution in [-0.4, -0.2) is 32.1 Å². The summed E-state index contributed by atoms with van der Waals surface area (Å²) in [6, 6.07) is 4.62. The van der Waals surface area contributed by atoms with Crippen LogP contribution in [0.3, 0.4) is 0 Å². The maximum absolute atomic E-state index is 13.6. The highest BCUT2D eigenvalue weighted by Crippen LogP contribution is 2.26. The number of halogens is 1. The summed E-state index contributed by atoms with van der Waals surface area (Å²) in [6.45, 7) is 3.24. The molecule has 0 unspecified atom stereocenters. The maximum atomic E-state index is 13.6. The summed E-state index contributed by atoms with van der Waals surface area (Å²) in [5.74, 6) is -0.0501. The Morgan fingerprint density at radius 3 is 2.71 bits per heavy atom. The molecule has 0 aliphatic heterocycles. The predicted molar refractivity (Wildman–Crippen MR) is 67.7 cm³/mol. The second kappa shape index (κ2) is 6.57. The minimum atomic E-state index is -0.343. The summed E-state index contributed by atoms with van der Waals surface area (Å²) in [7, 11) is 3.99. The first kappa shape index (κ1) is 13.9.